The first-order valence-electron chi connectivity index (χ1n) is 3.42. The van der Waals surface area contributed by atoms with Gasteiger partial charge >= 0.3 is 0 Å². The van der Waals surface area contributed by atoms with Crippen molar-refractivity contribution in [2.75, 3.05) is 7.11 Å². The lowest BCUT2D eigenvalue weighted by Gasteiger charge is -2.12. The fourth-order valence-corrected chi connectivity index (χ4v) is 0.728. The molecule has 0 saturated carbocycles. The van der Waals surface area contributed by atoms with Crippen molar-refractivity contribution in [1.82, 2.24) is 0 Å². The van der Waals surface area contributed by atoms with Crippen molar-refractivity contribution >= 4 is 0 Å². The van der Waals surface area contributed by atoms with Gasteiger partial charge in [-0.2, -0.15) is 0 Å². The normalized spacial score (nSPS) is 14.2. The fraction of sp³-hybridized carbons (Fsp3) is 0.714. The van der Waals surface area contributed by atoms with Gasteiger partial charge in [-0.15, -0.1) is 0 Å². The van der Waals surface area contributed by atoms with Gasteiger partial charge in [-0.3, -0.25) is 10.1 Å². The van der Waals surface area contributed by atoms with E-state index in [2.05, 4.69) is 0 Å². The SMILES string of the molecule is COC(/C=C/[N+](=O)[O-])C(C)C. The molecule has 0 amide bonds. The molecule has 0 aromatic heterocycles. The van der Waals surface area contributed by atoms with Crippen LogP contribution in [-0.4, -0.2) is 18.1 Å². The zero-order chi connectivity index (χ0) is 8.85. The predicted molar refractivity (Wildman–Crippen MR) is 41.8 cm³/mol. The molecule has 0 rings (SSSR count). The molecule has 0 bridgehead atoms. The highest BCUT2D eigenvalue weighted by Crippen LogP contribution is 2.06. The van der Waals surface area contributed by atoms with Crippen LogP contribution in [0.25, 0.3) is 0 Å². The van der Waals surface area contributed by atoms with E-state index in [9.17, 15) is 10.1 Å². The van der Waals surface area contributed by atoms with Crippen LogP contribution in [-0.2, 0) is 4.74 Å². The second-order valence-electron chi connectivity index (χ2n) is 2.57. The number of nitro groups is 1. The zero-order valence-corrected chi connectivity index (χ0v) is 6.98. The highest BCUT2D eigenvalue weighted by atomic mass is 16.6. The Bertz CT molecular complexity index is 154. The van der Waals surface area contributed by atoms with E-state index in [1.165, 1.54) is 13.2 Å². The Morgan fingerprint density at radius 3 is 2.36 bits per heavy atom. The Hall–Kier alpha value is -0.900. The monoisotopic (exact) mass is 159 g/mol. The lowest BCUT2D eigenvalue weighted by atomic mass is 10.1. The topological polar surface area (TPSA) is 52.4 Å². The standard InChI is InChI=1S/C7H13NO3/c1-6(2)7(11-3)4-5-8(9)10/h4-7H,1-3H3/b5-4+. The third kappa shape index (κ3) is 4.50. The summed E-state index contributed by atoms with van der Waals surface area (Å²) in [6.45, 7) is 3.89. The molecule has 0 fully saturated rings. The van der Waals surface area contributed by atoms with E-state index >= 15 is 0 Å². The van der Waals surface area contributed by atoms with Gasteiger partial charge in [0.05, 0.1) is 11.0 Å². The number of nitrogens with zero attached hydrogens (tertiary/aromatic N) is 1. The third-order valence-electron chi connectivity index (χ3n) is 1.33. The molecule has 1 atom stereocenters. The molecule has 1 unspecified atom stereocenters. The quantitative estimate of drug-likeness (QED) is 0.460. The van der Waals surface area contributed by atoms with E-state index in [0.29, 0.717) is 0 Å². The van der Waals surface area contributed by atoms with E-state index in [1.807, 2.05) is 13.8 Å². The van der Waals surface area contributed by atoms with Crippen molar-refractivity contribution in [3.8, 4) is 0 Å². The zero-order valence-electron chi connectivity index (χ0n) is 6.98. The molecule has 64 valence electrons. The van der Waals surface area contributed by atoms with Crippen LogP contribution in [0.4, 0.5) is 0 Å². The first-order chi connectivity index (χ1) is 5.07. The van der Waals surface area contributed by atoms with Crippen LogP contribution in [0.3, 0.4) is 0 Å². The van der Waals surface area contributed by atoms with Crippen LogP contribution in [0.5, 0.6) is 0 Å². The third-order valence-corrected chi connectivity index (χ3v) is 1.33. The maximum absolute atomic E-state index is 9.91. The molecule has 11 heavy (non-hydrogen) atoms. The highest BCUT2D eigenvalue weighted by molar-refractivity contribution is 4.85. The molecule has 0 heterocycles. The van der Waals surface area contributed by atoms with Gasteiger partial charge in [0, 0.05) is 13.2 Å². The molecule has 0 N–H and O–H groups in total. The number of rotatable bonds is 4. The summed E-state index contributed by atoms with van der Waals surface area (Å²) < 4.78 is 4.97. The Kier molecular flexibility index (Phi) is 4.45. The van der Waals surface area contributed by atoms with Gasteiger partial charge < -0.3 is 4.74 Å². The van der Waals surface area contributed by atoms with E-state index < -0.39 is 4.92 Å². The van der Waals surface area contributed by atoms with E-state index in [-0.39, 0.29) is 12.0 Å². The van der Waals surface area contributed by atoms with Crippen LogP contribution in [0, 0.1) is 16.0 Å². The number of methoxy groups -OCH3 is 1. The van der Waals surface area contributed by atoms with Gasteiger partial charge in [0.1, 0.15) is 0 Å². The minimum Gasteiger partial charge on any atom is -0.377 e. The van der Waals surface area contributed by atoms with Crippen molar-refractivity contribution in [3.63, 3.8) is 0 Å². The Morgan fingerprint density at radius 2 is 2.09 bits per heavy atom. The Labute approximate surface area is 66.0 Å². The van der Waals surface area contributed by atoms with E-state index in [1.54, 1.807) is 0 Å². The molecule has 0 spiro atoms. The number of ether oxygens (including phenoxy) is 1. The molecule has 0 aliphatic carbocycles. The molecule has 0 aliphatic heterocycles. The molecular formula is C7H13NO3. The van der Waals surface area contributed by atoms with Crippen molar-refractivity contribution in [3.05, 3.63) is 22.4 Å². The summed E-state index contributed by atoms with van der Waals surface area (Å²) in [4.78, 5) is 9.41. The summed E-state index contributed by atoms with van der Waals surface area (Å²) in [6.07, 6.45) is 2.19. The fourth-order valence-electron chi connectivity index (χ4n) is 0.728. The summed E-state index contributed by atoms with van der Waals surface area (Å²) in [5, 5.41) is 9.91. The van der Waals surface area contributed by atoms with Crippen molar-refractivity contribution in [1.29, 1.82) is 0 Å². The Morgan fingerprint density at radius 1 is 1.55 bits per heavy atom. The summed E-state index contributed by atoms with van der Waals surface area (Å²) >= 11 is 0. The molecule has 4 nitrogen and oxygen atoms in total. The lowest BCUT2D eigenvalue weighted by molar-refractivity contribution is -0.403. The van der Waals surface area contributed by atoms with Crippen LogP contribution in [0.1, 0.15) is 13.8 Å². The minimum atomic E-state index is -0.492. The summed E-state index contributed by atoms with van der Waals surface area (Å²) in [5.74, 6) is 0.260. The maximum atomic E-state index is 9.91. The summed E-state index contributed by atoms with van der Waals surface area (Å²) in [7, 11) is 1.54. The molecule has 4 heteroatoms. The largest absolute Gasteiger partial charge is 0.377 e. The van der Waals surface area contributed by atoms with Crippen molar-refractivity contribution in [2.24, 2.45) is 5.92 Å². The molecule has 0 saturated heterocycles. The predicted octanol–water partition coefficient (Wildman–Crippen LogP) is 1.45. The van der Waals surface area contributed by atoms with Crippen LogP contribution in [0.15, 0.2) is 12.3 Å². The maximum Gasteiger partial charge on any atom is 0.233 e. The van der Waals surface area contributed by atoms with Gasteiger partial charge in [0.25, 0.3) is 0 Å². The molecule has 0 aromatic carbocycles. The molecular weight excluding hydrogens is 146 g/mol. The van der Waals surface area contributed by atoms with Gasteiger partial charge in [-0.1, -0.05) is 13.8 Å². The minimum absolute atomic E-state index is 0.166. The molecule has 0 aromatic rings. The first-order valence-corrected chi connectivity index (χ1v) is 3.42. The first kappa shape index (κ1) is 10.1. The second-order valence-corrected chi connectivity index (χ2v) is 2.57. The lowest BCUT2D eigenvalue weighted by Crippen LogP contribution is -2.14. The molecule has 0 aliphatic rings. The average Bonchev–Trinajstić information content (AvgIpc) is 1.87. The highest BCUT2D eigenvalue weighted by Gasteiger charge is 2.08. The van der Waals surface area contributed by atoms with Gasteiger partial charge in [-0.05, 0) is 5.92 Å². The van der Waals surface area contributed by atoms with Gasteiger partial charge in [0.15, 0.2) is 0 Å². The average molecular weight is 159 g/mol. The number of hydrogen-bond acceptors (Lipinski definition) is 3. The van der Waals surface area contributed by atoms with Crippen LogP contribution in [0.2, 0.25) is 0 Å². The van der Waals surface area contributed by atoms with Crippen molar-refractivity contribution < 1.29 is 9.66 Å². The second kappa shape index (κ2) is 4.85. The van der Waals surface area contributed by atoms with Gasteiger partial charge in [-0.25, -0.2) is 0 Å². The van der Waals surface area contributed by atoms with E-state index in [4.69, 9.17) is 4.74 Å². The van der Waals surface area contributed by atoms with Crippen LogP contribution < -0.4 is 0 Å². The van der Waals surface area contributed by atoms with Crippen molar-refractivity contribution in [2.45, 2.75) is 20.0 Å². The molecule has 0 radical (unpaired) electrons. The summed E-state index contributed by atoms with van der Waals surface area (Å²) in [5.41, 5.74) is 0. The van der Waals surface area contributed by atoms with E-state index in [0.717, 1.165) is 6.20 Å². The summed E-state index contributed by atoms with van der Waals surface area (Å²) in [6, 6.07) is 0. The smallest absolute Gasteiger partial charge is 0.233 e. The van der Waals surface area contributed by atoms with Crippen LogP contribution >= 0.6 is 0 Å². The Balaban J connectivity index is 3.97. The van der Waals surface area contributed by atoms with Gasteiger partial charge in [0.2, 0.25) is 6.20 Å². The number of hydrogen-bond donors (Lipinski definition) is 0.